The summed E-state index contributed by atoms with van der Waals surface area (Å²) in [5.41, 5.74) is 1.82. The maximum Gasteiger partial charge on any atom is 0.273 e. The molecule has 0 saturated carbocycles. The van der Waals surface area contributed by atoms with Crippen molar-refractivity contribution in [2.75, 3.05) is 12.4 Å². The fourth-order valence-electron chi connectivity index (χ4n) is 1.47. The van der Waals surface area contributed by atoms with Crippen LogP contribution < -0.4 is 10.9 Å². The molecule has 78 valence electrons. The third-order valence-corrected chi connectivity index (χ3v) is 2.46. The fraction of sp³-hybridized carbons (Fsp3) is 0.545. The molecule has 1 aromatic heterocycles. The summed E-state index contributed by atoms with van der Waals surface area (Å²) in [5.74, 6) is 0. The van der Waals surface area contributed by atoms with E-state index in [1.54, 1.807) is 11.6 Å². The zero-order valence-electron chi connectivity index (χ0n) is 9.13. The predicted molar refractivity (Wildman–Crippen MR) is 59.8 cm³/mol. The summed E-state index contributed by atoms with van der Waals surface area (Å²) >= 11 is 0. The number of hydrogen-bond donors (Lipinski definition) is 1. The van der Waals surface area contributed by atoms with Crippen molar-refractivity contribution in [3.05, 3.63) is 28.2 Å². The van der Waals surface area contributed by atoms with Gasteiger partial charge in [-0.05, 0) is 25.0 Å². The van der Waals surface area contributed by atoms with Gasteiger partial charge in [-0.1, -0.05) is 13.3 Å². The largest absolute Gasteiger partial charge is 0.384 e. The Balaban J connectivity index is 2.99. The van der Waals surface area contributed by atoms with Crippen molar-refractivity contribution < 1.29 is 0 Å². The van der Waals surface area contributed by atoms with Crippen molar-refractivity contribution in [1.29, 1.82) is 0 Å². The van der Waals surface area contributed by atoms with Gasteiger partial charge in [-0.2, -0.15) is 0 Å². The van der Waals surface area contributed by atoms with E-state index in [9.17, 15) is 4.79 Å². The van der Waals surface area contributed by atoms with E-state index in [1.807, 2.05) is 19.2 Å². The first-order chi connectivity index (χ1) is 6.70. The highest BCUT2D eigenvalue weighted by Crippen LogP contribution is 2.05. The smallest absolute Gasteiger partial charge is 0.273 e. The van der Waals surface area contributed by atoms with E-state index in [1.165, 1.54) is 0 Å². The van der Waals surface area contributed by atoms with Gasteiger partial charge >= 0.3 is 0 Å². The van der Waals surface area contributed by atoms with E-state index in [0.29, 0.717) is 5.69 Å². The molecule has 1 heterocycles. The number of pyridine rings is 1. The Kier molecular flexibility index (Phi) is 3.74. The predicted octanol–water partition coefficient (Wildman–Crippen LogP) is 1.77. The molecule has 3 heteroatoms. The van der Waals surface area contributed by atoms with Gasteiger partial charge in [0.25, 0.3) is 5.56 Å². The number of unbranched alkanes of at least 4 members (excludes halogenated alkanes) is 1. The third-order valence-electron chi connectivity index (χ3n) is 2.46. The lowest BCUT2D eigenvalue weighted by Crippen LogP contribution is -2.22. The summed E-state index contributed by atoms with van der Waals surface area (Å²) in [4.78, 5) is 11.7. The van der Waals surface area contributed by atoms with E-state index < -0.39 is 0 Å². The molecule has 0 aliphatic carbocycles. The molecule has 0 fully saturated rings. The zero-order valence-corrected chi connectivity index (χ0v) is 9.13. The highest BCUT2D eigenvalue weighted by molar-refractivity contribution is 5.40. The van der Waals surface area contributed by atoms with Crippen molar-refractivity contribution >= 4 is 5.69 Å². The number of aryl methyl sites for hydroxylation is 1. The summed E-state index contributed by atoms with van der Waals surface area (Å²) in [7, 11) is 3.59. The molecule has 14 heavy (non-hydrogen) atoms. The normalized spacial score (nSPS) is 10.2. The highest BCUT2D eigenvalue weighted by atomic mass is 16.1. The number of anilines is 1. The number of aromatic nitrogens is 1. The summed E-state index contributed by atoms with van der Waals surface area (Å²) in [6.45, 7) is 2.15. The van der Waals surface area contributed by atoms with Crippen LogP contribution in [0.25, 0.3) is 0 Å². The van der Waals surface area contributed by atoms with Crippen LogP contribution in [-0.2, 0) is 13.5 Å². The minimum absolute atomic E-state index is 0.0566. The van der Waals surface area contributed by atoms with Gasteiger partial charge in [-0.25, -0.2) is 0 Å². The SMILES string of the molecule is CCCCc1ccc(NC)c(=O)n1C. The molecule has 0 atom stereocenters. The number of rotatable bonds is 4. The van der Waals surface area contributed by atoms with Crippen LogP contribution in [0.1, 0.15) is 25.5 Å². The topological polar surface area (TPSA) is 34.0 Å². The van der Waals surface area contributed by atoms with E-state index in [2.05, 4.69) is 12.2 Å². The van der Waals surface area contributed by atoms with Crippen LogP contribution in [0.4, 0.5) is 5.69 Å². The second-order valence-corrected chi connectivity index (χ2v) is 3.46. The summed E-state index contributed by atoms with van der Waals surface area (Å²) in [5, 5.41) is 2.89. The van der Waals surface area contributed by atoms with Gasteiger partial charge in [0, 0.05) is 19.8 Å². The molecular formula is C11H18N2O. The van der Waals surface area contributed by atoms with Crippen LogP contribution in [0.2, 0.25) is 0 Å². The van der Waals surface area contributed by atoms with Gasteiger partial charge in [0.1, 0.15) is 5.69 Å². The zero-order chi connectivity index (χ0) is 10.6. The minimum Gasteiger partial charge on any atom is -0.384 e. The van der Waals surface area contributed by atoms with Crippen LogP contribution in [0.5, 0.6) is 0 Å². The quantitative estimate of drug-likeness (QED) is 0.792. The molecule has 0 aliphatic rings. The van der Waals surface area contributed by atoms with Gasteiger partial charge in [-0.15, -0.1) is 0 Å². The first kappa shape index (κ1) is 10.8. The Morgan fingerprint density at radius 3 is 2.71 bits per heavy atom. The average molecular weight is 194 g/mol. The Labute approximate surface area is 84.8 Å². The lowest BCUT2D eigenvalue weighted by Gasteiger charge is -2.09. The number of nitrogens with one attached hydrogen (secondary N) is 1. The molecule has 0 radical (unpaired) electrons. The van der Waals surface area contributed by atoms with Crippen LogP contribution >= 0.6 is 0 Å². The lowest BCUT2D eigenvalue weighted by molar-refractivity contribution is 0.709. The summed E-state index contributed by atoms with van der Waals surface area (Å²) in [6, 6.07) is 3.87. The van der Waals surface area contributed by atoms with Crippen LogP contribution in [0.3, 0.4) is 0 Å². The first-order valence-corrected chi connectivity index (χ1v) is 5.07. The van der Waals surface area contributed by atoms with Crippen LogP contribution in [0, 0.1) is 0 Å². The molecule has 0 saturated heterocycles. The Morgan fingerprint density at radius 2 is 2.14 bits per heavy atom. The number of hydrogen-bond acceptors (Lipinski definition) is 2. The van der Waals surface area contributed by atoms with Crippen LogP contribution in [0.15, 0.2) is 16.9 Å². The summed E-state index contributed by atoms with van der Waals surface area (Å²) in [6.07, 6.45) is 3.26. The van der Waals surface area contributed by atoms with Crippen molar-refractivity contribution in [1.82, 2.24) is 4.57 Å². The Morgan fingerprint density at radius 1 is 1.43 bits per heavy atom. The van der Waals surface area contributed by atoms with Crippen LogP contribution in [-0.4, -0.2) is 11.6 Å². The monoisotopic (exact) mass is 194 g/mol. The maximum atomic E-state index is 11.7. The van der Waals surface area contributed by atoms with Gasteiger partial charge in [0.05, 0.1) is 0 Å². The summed E-state index contributed by atoms with van der Waals surface area (Å²) < 4.78 is 1.72. The van der Waals surface area contributed by atoms with Gasteiger partial charge in [0.15, 0.2) is 0 Å². The second kappa shape index (κ2) is 4.84. The molecule has 0 aliphatic heterocycles. The highest BCUT2D eigenvalue weighted by Gasteiger charge is 2.03. The third kappa shape index (κ3) is 2.16. The minimum atomic E-state index is 0.0566. The molecule has 1 rings (SSSR count). The molecule has 1 aromatic rings. The van der Waals surface area contributed by atoms with Gasteiger partial charge in [0.2, 0.25) is 0 Å². The maximum absolute atomic E-state index is 11.7. The molecule has 0 amide bonds. The van der Waals surface area contributed by atoms with Crippen molar-refractivity contribution in [2.45, 2.75) is 26.2 Å². The van der Waals surface area contributed by atoms with E-state index in [4.69, 9.17) is 0 Å². The standard InChI is InChI=1S/C11H18N2O/c1-4-5-6-9-7-8-10(12-2)11(14)13(9)3/h7-8,12H,4-6H2,1-3H3. The molecule has 3 nitrogen and oxygen atoms in total. The number of nitrogens with zero attached hydrogens (tertiary/aromatic N) is 1. The Hall–Kier alpha value is -1.25. The molecule has 0 aromatic carbocycles. The molecule has 0 unspecified atom stereocenters. The first-order valence-electron chi connectivity index (χ1n) is 5.07. The molecule has 0 spiro atoms. The van der Waals surface area contributed by atoms with Crippen molar-refractivity contribution in [3.8, 4) is 0 Å². The second-order valence-electron chi connectivity index (χ2n) is 3.46. The molecular weight excluding hydrogens is 176 g/mol. The molecule has 0 bridgehead atoms. The van der Waals surface area contributed by atoms with Gasteiger partial charge in [-0.3, -0.25) is 4.79 Å². The van der Waals surface area contributed by atoms with E-state index >= 15 is 0 Å². The van der Waals surface area contributed by atoms with Crippen molar-refractivity contribution in [3.63, 3.8) is 0 Å². The average Bonchev–Trinajstić information content (AvgIpc) is 2.20. The van der Waals surface area contributed by atoms with E-state index in [-0.39, 0.29) is 5.56 Å². The van der Waals surface area contributed by atoms with Gasteiger partial charge < -0.3 is 9.88 Å². The van der Waals surface area contributed by atoms with Crippen molar-refractivity contribution in [2.24, 2.45) is 7.05 Å². The van der Waals surface area contributed by atoms with E-state index in [0.717, 1.165) is 25.0 Å². The fourth-order valence-corrected chi connectivity index (χ4v) is 1.47. The Bertz CT molecular complexity index is 355. The lowest BCUT2D eigenvalue weighted by atomic mass is 10.2. The molecule has 1 N–H and O–H groups in total.